The summed E-state index contributed by atoms with van der Waals surface area (Å²) in [6.07, 6.45) is -5.75. The highest BCUT2D eigenvalue weighted by atomic mass is 19.4. The van der Waals surface area contributed by atoms with Crippen LogP contribution in [0.15, 0.2) is 10.9 Å². The predicted octanol–water partition coefficient (Wildman–Crippen LogP) is 0.359. The number of hydrogen-bond donors (Lipinski definition) is 3. The number of nitrogens with one attached hydrogen (secondary N) is 1. The predicted molar refractivity (Wildman–Crippen MR) is 53.0 cm³/mol. The van der Waals surface area contributed by atoms with Crippen molar-refractivity contribution in [3.8, 4) is 5.88 Å². The number of H-pyrrole nitrogens is 1. The van der Waals surface area contributed by atoms with Crippen LogP contribution in [-0.4, -0.2) is 22.4 Å². The summed E-state index contributed by atoms with van der Waals surface area (Å²) in [5, 5.41) is 8.56. The van der Waals surface area contributed by atoms with Gasteiger partial charge in [-0.2, -0.15) is 0 Å². The standard InChI is InChI=1S/C9H9F3N2O4/c10-9(11,12)18-8-4(2-6(15)16)1-5(3-13)7(17)14-8/h1H,2-3,13H2,(H,14,17)(H,15,16). The summed E-state index contributed by atoms with van der Waals surface area (Å²) >= 11 is 0. The van der Waals surface area contributed by atoms with Crippen molar-refractivity contribution in [2.75, 3.05) is 0 Å². The lowest BCUT2D eigenvalue weighted by Gasteiger charge is -2.12. The Morgan fingerprint density at radius 3 is 2.50 bits per heavy atom. The number of rotatable bonds is 4. The van der Waals surface area contributed by atoms with E-state index in [1.165, 1.54) is 0 Å². The molecule has 1 rings (SSSR count). The molecule has 0 atom stereocenters. The van der Waals surface area contributed by atoms with Crippen LogP contribution in [0, 0.1) is 0 Å². The highest BCUT2D eigenvalue weighted by Crippen LogP contribution is 2.24. The molecule has 1 aromatic heterocycles. The Kier molecular flexibility index (Phi) is 3.96. The molecule has 0 bridgehead atoms. The fraction of sp³-hybridized carbons (Fsp3) is 0.333. The minimum absolute atomic E-state index is 0.0271. The zero-order chi connectivity index (χ0) is 13.9. The van der Waals surface area contributed by atoms with E-state index in [9.17, 15) is 22.8 Å². The van der Waals surface area contributed by atoms with Crippen LogP contribution in [0.25, 0.3) is 0 Å². The molecule has 0 amide bonds. The first-order valence-electron chi connectivity index (χ1n) is 4.65. The number of ether oxygens (including phenoxy) is 1. The van der Waals surface area contributed by atoms with Gasteiger partial charge in [0.05, 0.1) is 6.42 Å². The fourth-order valence-electron chi connectivity index (χ4n) is 1.26. The second-order valence-corrected chi connectivity index (χ2v) is 3.30. The van der Waals surface area contributed by atoms with Crippen LogP contribution >= 0.6 is 0 Å². The molecule has 0 saturated carbocycles. The van der Waals surface area contributed by atoms with Gasteiger partial charge in [0.2, 0.25) is 5.88 Å². The Hall–Kier alpha value is -2.03. The smallest absolute Gasteiger partial charge is 0.481 e. The first kappa shape index (κ1) is 14.0. The lowest BCUT2D eigenvalue weighted by molar-refractivity contribution is -0.276. The van der Waals surface area contributed by atoms with Crippen molar-refractivity contribution in [1.82, 2.24) is 4.98 Å². The average Bonchev–Trinajstić information content (AvgIpc) is 2.19. The third kappa shape index (κ3) is 3.77. The van der Waals surface area contributed by atoms with Crippen molar-refractivity contribution >= 4 is 5.97 Å². The minimum atomic E-state index is -5.03. The molecule has 100 valence electrons. The molecule has 0 aliphatic rings. The molecule has 0 saturated heterocycles. The summed E-state index contributed by atoms with van der Waals surface area (Å²) in [5.41, 5.74) is 4.01. The number of aromatic nitrogens is 1. The maximum Gasteiger partial charge on any atom is 0.574 e. The minimum Gasteiger partial charge on any atom is -0.481 e. The first-order valence-corrected chi connectivity index (χ1v) is 4.65. The van der Waals surface area contributed by atoms with Gasteiger partial charge in [-0.15, -0.1) is 13.2 Å². The Morgan fingerprint density at radius 1 is 1.44 bits per heavy atom. The number of aliphatic carboxylic acids is 1. The third-order valence-corrected chi connectivity index (χ3v) is 1.94. The molecular formula is C9H9F3N2O4. The lowest BCUT2D eigenvalue weighted by atomic mass is 10.1. The zero-order valence-electron chi connectivity index (χ0n) is 8.87. The van der Waals surface area contributed by atoms with Gasteiger partial charge in [0.1, 0.15) is 0 Å². The molecule has 0 aliphatic heterocycles. The van der Waals surface area contributed by atoms with Crippen molar-refractivity contribution in [1.29, 1.82) is 0 Å². The van der Waals surface area contributed by atoms with Crippen LogP contribution < -0.4 is 16.0 Å². The van der Waals surface area contributed by atoms with Gasteiger partial charge in [-0.05, 0) is 6.07 Å². The van der Waals surface area contributed by atoms with Gasteiger partial charge in [-0.1, -0.05) is 0 Å². The van der Waals surface area contributed by atoms with Gasteiger partial charge < -0.3 is 15.6 Å². The zero-order valence-corrected chi connectivity index (χ0v) is 8.87. The molecule has 1 heterocycles. The van der Waals surface area contributed by atoms with Gasteiger partial charge in [0.15, 0.2) is 0 Å². The van der Waals surface area contributed by atoms with Crippen molar-refractivity contribution in [3.63, 3.8) is 0 Å². The monoisotopic (exact) mass is 266 g/mol. The summed E-state index contributed by atoms with van der Waals surface area (Å²) in [4.78, 5) is 23.6. The maximum absolute atomic E-state index is 12.1. The number of carbonyl (C=O) groups is 1. The summed E-state index contributed by atoms with van der Waals surface area (Å²) in [7, 11) is 0. The molecule has 0 fully saturated rings. The van der Waals surface area contributed by atoms with Crippen LogP contribution in [0.4, 0.5) is 13.2 Å². The number of aromatic amines is 1. The van der Waals surface area contributed by atoms with E-state index < -0.39 is 30.2 Å². The number of carboxylic acid groups (broad SMARTS) is 1. The van der Waals surface area contributed by atoms with Crippen LogP contribution in [0.2, 0.25) is 0 Å². The van der Waals surface area contributed by atoms with E-state index in [4.69, 9.17) is 10.8 Å². The number of halogens is 3. The number of carboxylic acids is 1. The molecule has 0 spiro atoms. The number of pyridine rings is 1. The van der Waals surface area contributed by atoms with Crippen LogP contribution in [0.3, 0.4) is 0 Å². The molecule has 0 aromatic carbocycles. The van der Waals surface area contributed by atoms with Crippen molar-refractivity contribution in [3.05, 3.63) is 27.5 Å². The highest BCUT2D eigenvalue weighted by molar-refractivity contribution is 5.71. The van der Waals surface area contributed by atoms with Gasteiger partial charge in [0.25, 0.3) is 5.56 Å². The molecular weight excluding hydrogens is 257 g/mol. The quantitative estimate of drug-likeness (QED) is 0.729. The topological polar surface area (TPSA) is 105 Å². The summed E-state index contributed by atoms with van der Waals surface area (Å²) in [6.45, 7) is -0.228. The van der Waals surface area contributed by atoms with Gasteiger partial charge in [-0.3, -0.25) is 14.6 Å². The number of alkyl halides is 3. The normalized spacial score (nSPS) is 11.3. The SMILES string of the molecule is NCc1cc(CC(=O)O)c(OC(F)(F)F)[nH]c1=O. The van der Waals surface area contributed by atoms with Crippen molar-refractivity contribution in [2.45, 2.75) is 19.3 Å². The van der Waals surface area contributed by atoms with E-state index in [-0.39, 0.29) is 17.7 Å². The van der Waals surface area contributed by atoms with Gasteiger partial charge in [0, 0.05) is 17.7 Å². The summed E-state index contributed by atoms with van der Waals surface area (Å²) < 4.78 is 39.7. The first-order chi connectivity index (χ1) is 8.23. The van der Waals surface area contributed by atoms with E-state index in [1.807, 2.05) is 4.98 Å². The van der Waals surface area contributed by atoms with E-state index in [2.05, 4.69) is 4.74 Å². The Bertz CT molecular complexity index is 510. The van der Waals surface area contributed by atoms with Crippen molar-refractivity contribution < 1.29 is 27.8 Å². The van der Waals surface area contributed by atoms with Crippen molar-refractivity contribution in [2.24, 2.45) is 5.73 Å². The summed E-state index contributed by atoms with van der Waals surface area (Å²) in [5.74, 6) is -2.30. The lowest BCUT2D eigenvalue weighted by Crippen LogP contribution is -2.24. The molecule has 6 nitrogen and oxygen atoms in total. The molecule has 18 heavy (non-hydrogen) atoms. The Labute approximate surface area is 98.2 Å². The van der Waals surface area contributed by atoms with E-state index >= 15 is 0 Å². The molecule has 0 radical (unpaired) electrons. The maximum atomic E-state index is 12.1. The Morgan fingerprint density at radius 2 is 2.06 bits per heavy atom. The van der Waals surface area contributed by atoms with E-state index in [0.717, 1.165) is 6.07 Å². The largest absolute Gasteiger partial charge is 0.574 e. The second-order valence-electron chi connectivity index (χ2n) is 3.30. The third-order valence-electron chi connectivity index (χ3n) is 1.94. The fourth-order valence-corrected chi connectivity index (χ4v) is 1.26. The van der Waals surface area contributed by atoms with E-state index in [0.29, 0.717) is 0 Å². The molecule has 0 unspecified atom stereocenters. The van der Waals surface area contributed by atoms with Gasteiger partial charge >= 0.3 is 12.3 Å². The highest BCUT2D eigenvalue weighted by Gasteiger charge is 2.33. The molecule has 0 aliphatic carbocycles. The molecule has 1 aromatic rings. The molecule has 4 N–H and O–H groups in total. The van der Waals surface area contributed by atoms with E-state index in [1.54, 1.807) is 0 Å². The van der Waals surface area contributed by atoms with Gasteiger partial charge in [-0.25, -0.2) is 0 Å². The van der Waals surface area contributed by atoms with Crippen LogP contribution in [-0.2, 0) is 17.8 Å². The summed E-state index contributed by atoms with van der Waals surface area (Å²) in [6, 6.07) is 0.980. The van der Waals surface area contributed by atoms with Crippen LogP contribution in [0.5, 0.6) is 5.88 Å². The van der Waals surface area contributed by atoms with Crippen LogP contribution in [0.1, 0.15) is 11.1 Å². The second kappa shape index (κ2) is 5.08. The number of nitrogens with two attached hydrogens (primary N) is 1. The number of hydrogen-bond acceptors (Lipinski definition) is 4. The molecule has 9 heteroatoms. The average molecular weight is 266 g/mol. The Balaban J connectivity index is 3.25.